The van der Waals surface area contributed by atoms with E-state index in [1.54, 1.807) is 49.6 Å². The van der Waals surface area contributed by atoms with Crippen molar-refractivity contribution in [1.29, 1.82) is 0 Å². The lowest BCUT2D eigenvalue weighted by atomic mass is 10.2. The number of methoxy groups -OCH3 is 2. The van der Waals surface area contributed by atoms with E-state index in [-0.39, 0.29) is 5.91 Å². The van der Waals surface area contributed by atoms with Gasteiger partial charge in [-0.3, -0.25) is 9.59 Å². The SMILES string of the molecule is COc1ccc(NC(=O)c2ccc(OC(C)=O)cc2)c(OC)c1. The average Bonchev–Trinajstić information content (AvgIpc) is 2.55. The molecule has 2 aromatic rings. The maximum Gasteiger partial charge on any atom is 0.308 e. The van der Waals surface area contributed by atoms with E-state index in [4.69, 9.17) is 14.2 Å². The molecule has 0 bridgehead atoms. The predicted octanol–water partition coefficient (Wildman–Crippen LogP) is 2.88. The van der Waals surface area contributed by atoms with Gasteiger partial charge in [0.25, 0.3) is 5.91 Å². The molecule has 2 aromatic carbocycles. The second-order valence-electron chi connectivity index (χ2n) is 4.64. The van der Waals surface area contributed by atoms with E-state index in [0.717, 1.165) is 0 Å². The fraction of sp³-hybridized carbons (Fsp3) is 0.176. The van der Waals surface area contributed by atoms with Crippen LogP contribution in [0.4, 0.5) is 5.69 Å². The number of carbonyl (C=O) groups is 2. The van der Waals surface area contributed by atoms with Gasteiger partial charge in [0.05, 0.1) is 19.9 Å². The van der Waals surface area contributed by atoms with Crippen molar-refractivity contribution in [3.8, 4) is 17.2 Å². The first-order valence-corrected chi connectivity index (χ1v) is 6.85. The fourth-order valence-corrected chi connectivity index (χ4v) is 1.94. The Morgan fingerprint density at radius 3 is 2.13 bits per heavy atom. The summed E-state index contributed by atoms with van der Waals surface area (Å²) in [6.45, 7) is 1.32. The molecule has 1 amide bonds. The van der Waals surface area contributed by atoms with Gasteiger partial charge in [-0.2, -0.15) is 0 Å². The number of amides is 1. The van der Waals surface area contributed by atoms with Gasteiger partial charge in [-0.25, -0.2) is 0 Å². The third-order valence-electron chi connectivity index (χ3n) is 3.03. The highest BCUT2D eigenvalue weighted by molar-refractivity contribution is 6.05. The zero-order chi connectivity index (χ0) is 16.8. The minimum absolute atomic E-state index is 0.303. The van der Waals surface area contributed by atoms with Crippen LogP contribution in [0.25, 0.3) is 0 Å². The fourth-order valence-electron chi connectivity index (χ4n) is 1.94. The van der Waals surface area contributed by atoms with E-state index >= 15 is 0 Å². The summed E-state index contributed by atoms with van der Waals surface area (Å²) < 4.78 is 15.3. The van der Waals surface area contributed by atoms with Crippen molar-refractivity contribution in [2.45, 2.75) is 6.92 Å². The second-order valence-corrected chi connectivity index (χ2v) is 4.64. The van der Waals surface area contributed by atoms with E-state index in [2.05, 4.69) is 5.32 Å². The topological polar surface area (TPSA) is 73.9 Å². The zero-order valence-electron chi connectivity index (χ0n) is 13.1. The van der Waals surface area contributed by atoms with E-state index < -0.39 is 5.97 Å². The van der Waals surface area contributed by atoms with Crippen molar-refractivity contribution in [3.05, 3.63) is 48.0 Å². The first-order valence-electron chi connectivity index (χ1n) is 6.85. The normalized spacial score (nSPS) is 9.87. The molecule has 0 aliphatic carbocycles. The van der Waals surface area contributed by atoms with Gasteiger partial charge in [0, 0.05) is 18.6 Å². The average molecular weight is 315 g/mol. The summed E-state index contributed by atoms with van der Waals surface area (Å²) in [5.41, 5.74) is 0.959. The van der Waals surface area contributed by atoms with Crippen molar-refractivity contribution >= 4 is 17.6 Å². The minimum Gasteiger partial charge on any atom is -0.497 e. The molecule has 0 atom stereocenters. The van der Waals surface area contributed by atoms with Crippen molar-refractivity contribution < 1.29 is 23.8 Å². The number of benzene rings is 2. The highest BCUT2D eigenvalue weighted by Gasteiger charge is 2.11. The quantitative estimate of drug-likeness (QED) is 0.678. The summed E-state index contributed by atoms with van der Waals surface area (Å²) in [6, 6.07) is 11.4. The van der Waals surface area contributed by atoms with Crippen molar-refractivity contribution in [3.63, 3.8) is 0 Å². The summed E-state index contributed by atoms with van der Waals surface area (Å²) in [5.74, 6) is 0.795. The number of ether oxygens (including phenoxy) is 3. The molecule has 0 aliphatic heterocycles. The van der Waals surface area contributed by atoms with Crippen LogP contribution in [0.2, 0.25) is 0 Å². The van der Waals surface area contributed by atoms with Crippen molar-refractivity contribution in [1.82, 2.24) is 0 Å². The number of rotatable bonds is 5. The summed E-state index contributed by atoms with van der Waals surface area (Å²) in [7, 11) is 3.07. The van der Waals surface area contributed by atoms with E-state index in [0.29, 0.717) is 28.5 Å². The molecule has 6 heteroatoms. The molecule has 0 heterocycles. The molecule has 23 heavy (non-hydrogen) atoms. The van der Waals surface area contributed by atoms with Crippen molar-refractivity contribution in [2.75, 3.05) is 19.5 Å². The van der Waals surface area contributed by atoms with Gasteiger partial charge in [0.1, 0.15) is 17.2 Å². The van der Waals surface area contributed by atoms with Gasteiger partial charge in [-0.05, 0) is 36.4 Å². The molecule has 120 valence electrons. The third kappa shape index (κ3) is 4.23. The zero-order valence-corrected chi connectivity index (χ0v) is 13.1. The van der Waals surface area contributed by atoms with Gasteiger partial charge < -0.3 is 19.5 Å². The number of hydrogen-bond donors (Lipinski definition) is 1. The van der Waals surface area contributed by atoms with Crippen LogP contribution in [-0.4, -0.2) is 26.1 Å². The van der Waals surface area contributed by atoms with Crippen molar-refractivity contribution in [2.24, 2.45) is 0 Å². The van der Waals surface area contributed by atoms with Gasteiger partial charge >= 0.3 is 5.97 Å². The molecule has 6 nitrogen and oxygen atoms in total. The Morgan fingerprint density at radius 2 is 1.57 bits per heavy atom. The first kappa shape index (κ1) is 16.4. The largest absolute Gasteiger partial charge is 0.497 e. The minimum atomic E-state index is -0.412. The highest BCUT2D eigenvalue weighted by atomic mass is 16.5. The highest BCUT2D eigenvalue weighted by Crippen LogP contribution is 2.29. The molecule has 0 radical (unpaired) electrons. The summed E-state index contributed by atoms with van der Waals surface area (Å²) >= 11 is 0. The predicted molar refractivity (Wildman–Crippen MR) is 85.3 cm³/mol. The summed E-state index contributed by atoms with van der Waals surface area (Å²) in [5, 5.41) is 2.76. The molecule has 0 unspecified atom stereocenters. The lowest BCUT2D eigenvalue weighted by molar-refractivity contribution is -0.131. The Morgan fingerprint density at radius 1 is 0.913 bits per heavy atom. The monoisotopic (exact) mass is 315 g/mol. The number of carbonyl (C=O) groups excluding carboxylic acids is 2. The lowest BCUT2D eigenvalue weighted by Crippen LogP contribution is -2.12. The molecule has 0 aliphatic rings. The van der Waals surface area contributed by atoms with E-state index in [1.165, 1.54) is 14.0 Å². The van der Waals surface area contributed by atoms with E-state index in [9.17, 15) is 9.59 Å². The maximum atomic E-state index is 12.3. The van der Waals surface area contributed by atoms with E-state index in [1.807, 2.05) is 0 Å². The van der Waals surface area contributed by atoms with Gasteiger partial charge in [0.15, 0.2) is 0 Å². The number of esters is 1. The maximum absolute atomic E-state index is 12.3. The van der Waals surface area contributed by atoms with Crippen LogP contribution >= 0.6 is 0 Å². The molecule has 0 spiro atoms. The molecule has 2 rings (SSSR count). The molecular weight excluding hydrogens is 298 g/mol. The molecular formula is C17H17NO5. The summed E-state index contributed by atoms with van der Waals surface area (Å²) in [4.78, 5) is 23.1. The number of anilines is 1. The van der Waals surface area contributed by atoms with Crippen LogP contribution < -0.4 is 19.5 Å². The first-order chi connectivity index (χ1) is 11.0. The molecule has 0 aromatic heterocycles. The number of nitrogens with one attached hydrogen (secondary N) is 1. The Balaban J connectivity index is 2.14. The van der Waals surface area contributed by atoms with Gasteiger partial charge in [0.2, 0.25) is 0 Å². The number of hydrogen-bond acceptors (Lipinski definition) is 5. The second kappa shape index (κ2) is 7.31. The Labute approximate surface area is 134 Å². The van der Waals surface area contributed by atoms with Crippen LogP contribution in [0.3, 0.4) is 0 Å². The Bertz CT molecular complexity index is 709. The van der Waals surface area contributed by atoms with Crippen LogP contribution in [0, 0.1) is 0 Å². The Kier molecular flexibility index (Phi) is 5.19. The van der Waals surface area contributed by atoms with Crippen LogP contribution in [0.1, 0.15) is 17.3 Å². The molecule has 0 saturated heterocycles. The molecule has 1 N–H and O–H groups in total. The van der Waals surface area contributed by atoms with Crippen LogP contribution in [0.5, 0.6) is 17.2 Å². The van der Waals surface area contributed by atoms with Gasteiger partial charge in [-0.15, -0.1) is 0 Å². The van der Waals surface area contributed by atoms with Crippen LogP contribution in [0.15, 0.2) is 42.5 Å². The smallest absolute Gasteiger partial charge is 0.308 e. The Hall–Kier alpha value is -3.02. The summed E-state index contributed by atoms with van der Waals surface area (Å²) in [6.07, 6.45) is 0. The standard InChI is InChI=1S/C17H17NO5/c1-11(19)23-13-6-4-12(5-7-13)17(20)18-15-9-8-14(21-2)10-16(15)22-3/h4-10H,1-3H3,(H,18,20). The molecule has 0 saturated carbocycles. The third-order valence-corrected chi connectivity index (χ3v) is 3.03. The van der Waals surface area contributed by atoms with Gasteiger partial charge in [-0.1, -0.05) is 0 Å². The lowest BCUT2D eigenvalue weighted by Gasteiger charge is -2.11. The molecule has 0 fully saturated rings. The van der Waals surface area contributed by atoms with Crippen LogP contribution in [-0.2, 0) is 4.79 Å².